The Kier molecular flexibility index (Phi) is 5.91. The third-order valence-corrected chi connectivity index (χ3v) is 10.9. The Morgan fingerprint density at radius 3 is 2.62 bits per heavy atom. The number of aryl methyl sites for hydroxylation is 1. The zero-order chi connectivity index (χ0) is 28.1. The molecule has 0 bridgehead atoms. The number of furan rings is 1. The number of aliphatic hydroxyl groups is 1. The SMILES string of the molecule is CNC(=O)SC(=O)[C@@]12OC(c3ccc(C)o3)O[C@@H]1CC1[C@@H]3C[C@H](F)C4=CC(=O)C=C[C@]4(C)[C@@]3(F)[C@@H](O)C[C@@]12C. The number of amides is 1. The molecular weight excluding hydrogens is 532 g/mol. The Morgan fingerprint density at radius 1 is 1.21 bits per heavy atom. The van der Waals surface area contributed by atoms with Crippen molar-refractivity contribution in [3.8, 4) is 0 Å². The number of allylic oxidation sites excluding steroid dienone is 4. The first kappa shape index (κ1) is 26.9. The number of nitrogens with one attached hydrogen (secondary N) is 1. The van der Waals surface area contributed by atoms with Crippen molar-refractivity contribution in [1.82, 2.24) is 5.32 Å². The molecule has 4 aliphatic carbocycles. The van der Waals surface area contributed by atoms with E-state index in [2.05, 4.69) is 5.32 Å². The summed E-state index contributed by atoms with van der Waals surface area (Å²) in [6, 6.07) is 3.40. The fourth-order valence-corrected chi connectivity index (χ4v) is 9.05. The highest BCUT2D eigenvalue weighted by Gasteiger charge is 2.80. The van der Waals surface area contributed by atoms with E-state index in [1.807, 2.05) is 0 Å². The zero-order valence-corrected chi connectivity index (χ0v) is 22.8. The van der Waals surface area contributed by atoms with Gasteiger partial charge in [-0.1, -0.05) is 13.0 Å². The lowest BCUT2D eigenvalue weighted by atomic mass is 9.44. The number of rotatable bonds is 2. The van der Waals surface area contributed by atoms with Crippen molar-refractivity contribution in [2.75, 3.05) is 7.05 Å². The lowest BCUT2D eigenvalue weighted by Crippen LogP contribution is -2.70. The minimum absolute atomic E-state index is 0.0244. The third-order valence-electron chi connectivity index (χ3n) is 10.1. The Hall–Kier alpha value is -2.34. The van der Waals surface area contributed by atoms with Crippen LogP contribution in [0.2, 0.25) is 0 Å². The first-order valence-corrected chi connectivity index (χ1v) is 13.9. The molecule has 2 unspecified atom stereocenters. The zero-order valence-electron chi connectivity index (χ0n) is 22.0. The topological polar surface area (TPSA) is 115 Å². The second-order valence-electron chi connectivity index (χ2n) is 11.8. The van der Waals surface area contributed by atoms with Gasteiger partial charge in [-0.05, 0) is 68.9 Å². The van der Waals surface area contributed by atoms with Gasteiger partial charge in [0.25, 0.3) is 5.24 Å². The minimum Gasteiger partial charge on any atom is -0.461 e. The summed E-state index contributed by atoms with van der Waals surface area (Å²) in [5.41, 5.74) is -6.78. The quantitative estimate of drug-likeness (QED) is 0.549. The van der Waals surface area contributed by atoms with Gasteiger partial charge in [0, 0.05) is 35.6 Å². The number of carbonyl (C=O) groups excluding carboxylic acids is 3. The number of ether oxygens (including phenoxy) is 2. The van der Waals surface area contributed by atoms with E-state index in [1.165, 1.54) is 26.1 Å². The maximum absolute atomic E-state index is 17.5. The average molecular weight is 564 g/mol. The van der Waals surface area contributed by atoms with Crippen LogP contribution in [0, 0.1) is 29.6 Å². The van der Waals surface area contributed by atoms with Gasteiger partial charge in [0.1, 0.15) is 11.9 Å². The molecule has 1 aromatic heterocycles. The normalized spacial score (nSPS) is 46.1. The second kappa shape index (κ2) is 8.58. The molecule has 10 atom stereocenters. The van der Waals surface area contributed by atoms with Crippen molar-refractivity contribution in [3.63, 3.8) is 0 Å². The summed E-state index contributed by atoms with van der Waals surface area (Å²) in [5, 5.41) is 12.8. The molecule has 210 valence electrons. The highest BCUT2D eigenvalue weighted by atomic mass is 32.2. The standard InChI is InChI=1S/C28H31F2NO7S/c1-13-5-6-19(36-13)22-37-21-11-15-16-10-18(29)17-9-14(32)7-8-25(17,2)27(16,30)20(33)12-26(15,3)28(21,38-22)23(34)39-24(35)31-4/h5-9,15-16,18,20-22,33H,10-12H2,1-4H3,(H,31,35)/t15?,16-,18-,20-,21+,22?,25-,26-,27-,28-/m0/s1. The van der Waals surface area contributed by atoms with E-state index in [9.17, 15) is 19.5 Å². The number of halogens is 2. The van der Waals surface area contributed by atoms with Crippen molar-refractivity contribution in [2.45, 2.75) is 76.0 Å². The Bertz CT molecular complexity index is 1330. The molecule has 1 saturated heterocycles. The van der Waals surface area contributed by atoms with Crippen molar-refractivity contribution in [2.24, 2.45) is 22.7 Å². The molecule has 2 heterocycles. The molecule has 2 N–H and O–H groups in total. The van der Waals surface area contributed by atoms with Gasteiger partial charge in [0.05, 0.1) is 12.2 Å². The molecule has 39 heavy (non-hydrogen) atoms. The van der Waals surface area contributed by atoms with E-state index >= 15 is 8.78 Å². The number of carbonyl (C=O) groups is 3. The first-order valence-electron chi connectivity index (χ1n) is 13.1. The molecule has 8 nitrogen and oxygen atoms in total. The van der Waals surface area contributed by atoms with Gasteiger partial charge in [-0.2, -0.15) is 0 Å². The maximum Gasteiger partial charge on any atom is 0.286 e. The summed E-state index contributed by atoms with van der Waals surface area (Å²) < 4.78 is 51.6. The molecule has 0 aromatic carbocycles. The van der Waals surface area contributed by atoms with E-state index in [4.69, 9.17) is 13.9 Å². The lowest BCUT2D eigenvalue weighted by Gasteiger charge is -2.63. The average Bonchev–Trinajstić information content (AvgIpc) is 3.55. The second-order valence-corrected chi connectivity index (χ2v) is 12.7. The largest absolute Gasteiger partial charge is 0.461 e. The van der Waals surface area contributed by atoms with E-state index in [0.717, 1.165) is 6.08 Å². The summed E-state index contributed by atoms with van der Waals surface area (Å²) >= 11 is 0.437. The van der Waals surface area contributed by atoms with Crippen molar-refractivity contribution in [1.29, 1.82) is 0 Å². The third kappa shape index (κ3) is 3.30. The summed E-state index contributed by atoms with van der Waals surface area (Å²) in [7, 11) is 1.40. The highest BCUT2D eigenvalue weighted by Crippen LogP contribution is 2.73. The molecule has 5 aliphatic rings. The van der Waals surface area contributed by atoms with Gasteiger partial charge in [0.15, 0.2) is 22.8 Å². The molecule has 1 amide bonds. The monoisotopic (exact) mass is 563 g/mol. The van der Waals surface area contributed by atoms with Gasteiger partial charge < -0.3 is 24.3 Å². The van der Waals surface area contributed by atoms with Crippen LogP contribution in [-0.2, 0) is 19.1 Å². The van der Waals surface area contributed by atoms with Crippen LogP contribution >= 0.6 is 11.8 Å². The van der Waals surface area contributed by atoms with E-state index in [1.54, 1.807) is 26.0 Å². The summed E-state index contributed by atoms with van der Waals surface area (Å²) in [5.74, 6) is -1.11. The summed E-state index contributed by atoms with van der Waals surface area (Å²) in [6.07, 6.45) is -1.76. The molecule has 6 rings (SSSR count). The smallest absolute Gasteiger partial charge is 0.286 e. The maximum atomic E-state index is 17.5. The molecule has 0 radical (unpaired) electrons. The van der Waals surface area contributed by atoms with Gasteiger partial charge in [-0.3, -0.25) is 14.4 Å². The molecule has 4 fully saturated rings. The Balaban J connectivity index is 1.46. The molecule has 3 saturated carbocycles. The van der Waals surface area contributed by atoms with Crippen molar-refractivity contribution >= 4 is 27.9 Å². The predicted octanol–water partition coefficient (Wildman–Crippen LogP) is 4.27. The van der Waals surface area contributed by atoms with Crippen LogP contribution in [0.1, 0.15) is 50.9 Å². The number of alkyl halides is 2. The number of aliphatic hydroxyl groups excluding tert-OH is 1. The van der Waals surface area contributed by atoms with Crippen molar-refractivity contribution < 1.29 is 42.2 Å². The summed E-state index contributed by atoms with van der Waals surface area (Å²) in [4.78, 5) is 38.3. The van der Waals surface area contributed by atoms with Crippen LogP contribution in [0.15, 0.2) is 40.4 Å². The van der Waals surface area contributed by atoms with Gasteiger partial charge in [-0.15, -0.1) is 0 Å². The van der Waals surface area contributed by atoms with Crippen LogP contribution in [0.25, 0.3) is 0 Å². The minimum atomic E-state index is -2.31. The fraction of sp³-hybridized carbons (Fsp3) is 0.607. The summed E-state index contributed by atoms with van der Waals surface area (Å²) in [6.45, 7) is 5.01. The fourth-order valence-electron chi connectivity index (χ4n) is 8.22. The van der Waals surface area contributed by atoms with Crippen molar-refractivity contribution in [3.05, 3.63) is 47.5 Å². The van der Waals surface area contributed by atoms with Gasteiger partial charge in [0.2, 0.25) is 11.4 Å². The molecule has 1 aliphatic heterocycles. The number of hydrogen-bond acceptors (Lipinski definition) is 8. The molecule has 1 aromatic rings. The molecule has 11 heteroatoms. The van der Waals surface area contributed by atoms with Crippen LogP contribution in [-0.4, -0.2) is 57.9 Å². The predicted molar refractivity (Wildman–Crippen MR) is 136 cm³/mol. The van der Waals surface area contributed by atoms with E-state index in [0.29, 0.717) is 23.3 Å². The number of hydrogen-bond donors (Lipinski definition) is 2. The van der Waals surface area contributed by atoms with Gasteiger partial charge in [-0.25, -0.2) is 8.78 Å². The lowest BCUT2D eigenvalue weighted by molar-refractivity contribution is -0.233. The van der Waals surface area contributed by atoms with Crippen LogP contribution in [0.3, 0.4) is 0 Å². The van der Waals surface area contributed by atoms with Crippen LogP contribution < -0.4 is 5.32 Å². The molecule has 0 spiro atoms. The Morgan fingerprint density at radius 2 is 1.95 bits per heavy atom. The van der Waals surface area contributed by atoms with Crippen LogP contribution in [0.5, 0.6) is 0 Å². The highest BCUT2D eigenvalue weighted by molar-refractivity contribution is 8.26. The number of fused-ring (bicyclic) bond motifs is 7. The number of ketones is 1. The Labute approximate surface area is 228 Å². The van der Waals surface area contributed by atoms with Crippen LogP contribution in [0.4, 0.5) is 13.6 Å². The van der Waals surface area contributed by atoms with E-state index < -0.39 is 74.7 Å². The molecular formula is C28H31F2NO7S. The van der Waals surface area contributed by atoms with E-state index in [-0.39, 0.29) is 24.8 Å². The van der Waals surface area contributed by atoms with Gasteiger partial charge >= 0.3 is 0 Å². The number of thioether (sulfide) groups is 1. The first-order chi connectivity index (χ1) is 18.3.